The molecule has 0 spiro atoms. The number of hydrogen-bond donors (Lipinski definition) is 1. The fourth-order valence-corrected chi connectivity index (χ4v) is 3.60. The number of piperidine rings is 1. The van der Waals surface area contributed by atoms with Gasteiger partial charge in [-0.15, -0.1) is 10.2 Å². The molecule has 6 nitrogen and oxygen atoms in total. The number of aromatic nitrogens is 3. The largest absolute Gasteiger partial charge is 0.481 e. The maximum atomic E-state index is 11.2. The van der Waals surface area contributed by atoms with Crippen molar-refractivity contribution < 1.29 is 9.90 Å². The number of anilines is 1. The van der Waals surface area contributed by atoms with E-state index in [0.717, 1.165) is 22.5 Å². The molecule has 0 atom stereocenters. The zero-order valence-corrected chi connectivity index (χ0v) is 16.7. The van der Waals surface area contributed by atoms with Crippen molar-refractivity contribution in [3.63, 3.8) is 0 Å². The van der Waals surface area contributed by atoms with E-state index in [0.29, 0.717) is 31.9 Å². The molecule has 0 bridgehead atoms. The smallest absolute Gasteiger partial charge is 0.306 e. The van der Waals surface area contributed by atoms with Gasteiger partial charge in [-0.3, -0.25) is 4.79 Å². The van der Waals surface area contributed by atoms with E-state index in [1.807, 2.05) is 17.0 Å². The quantitative estimate of drug-likeness (QED) is 0.724. The standard InChI is InChI=1S/C23H24N4O2/c1-15-3-7-17(8-4-15)20-21(18-9-5-16(2)6-10-18)25-26-23(24-20)27-13-11-19(12-14-27)22(28)29/h3-10,19H,11-14H2,1-2H3,(H,28,29). The van der Waals surface area contributed by atoms with Gasteiger partial charge in [0.15, 0.2) is 0 Å². The summed E-state index contributed by atoms with van der Waals surface area (Å²) in [7, 11) is 0. The Balaban J connectivity index is 1.72. The summed E-state index contributed by atoms with van der Waals surface area (Å²) in [6, 6.07) is 16.4. The Kier molecular flexibility index (Phi) is 5.25. The maximum absolute atomic E-state index is 11.2. The normalized spacial score (nSPS) is 14.8. The Morgan fingerprint density at radius 2 is 1.38 bits per heavy atom. The van der Waals surface area contributed by atoms with E-state index >= 15 is 0 Å². The first-order chi connectivity index (χ1) is 14.0. The van der Waals surface area contributed by atoms with Crippen molar-refractivity contribution in [1.29, 1.82) is 0 Å². The molecule has 1 aliphatic heterocycles. The molecule has 3 aromatic rings. The fourth-order valence-electron chi connectivity index (χ4n) is 3.60. The SMILES string of the molecule is Cc1ccc(-c2nnc(N3CCC(C(=O)O)CC3)nc2-c2ccc(C)cc2)cc1. The zero-order valence-electron chi connectivity index (χ0n) is 16.7. The highest BCUT2D eigenvalue weighted by Crippen LogP contribution is 2.31. The van der Waals surface area contributed by atoms with E-state index in [4.69, 9.17) is 4.98 Å². The summed E-state index contributed by atoms with van der Waals surface area (Å²) in [5, 5.41) is 18.2. The lowest BCUT2D eigenvalue weighted by Crippen LogP contribution is -2.37. The molecule has 0 radical (unpaired) electrons. The number of rotatable bonds is 4. The molecule has 148 valence electrons. The highest BCUT2D eigenvalue weighted by Gasteiger charge is 2.26. The van der Waals surface area contributed by atoms with Gasteiger partial charge in [0.1, 0.15) is 11.4 Å². The van der Waals surface area contributed by atoms with Crippen LogP contribution in [0.3, 0.4) is 0 Å². The number of carbonyl (C=O) groups is 1. The molecule has 2 aromatic carbocycles. The Morgan fingerprint density at radius 3 is 1.90 bits per heavy atom. The van der Waals surface area contributed by atoms with Gasteiger partial charge in [-0.05, 0) is 26.7 Å². The third-order valence-corrected chi connectivity index (χ3v) is 5.45. The molecule has 0 saturated carbocycles. The molecule has 0 amide bonds. The van der Waals surface area contributed by atoms with Gasteiger partial charge in [-0.2, -0.15) is 0 Å². The topological polar surface area (TPSA) is 79.2 Å². The first-order valence-electron chi connectivity index (χ1n) is 9.88. The van der Waals surface area contributed by atoms with Crippen LogP contribution in [0.15, 0.2) is 48.5 Å². The van der Waals surface area contributed by atoms with Crippen molar-refractivity contribution in [2.24, 2.45) is 5.92 Å². The number of benzene rings is 2. The van der Waals surface area contributed by atoms with Crippen LogP contribution in [0, 0.1) is 19.8 Å². The first kappa shape index (κ1) is 19.1. The zero-order chi connectivity index (χ0) is 20.4. The highest BCUT2D eigenvalue weighted by atomic mass is 16.4. The minimum absolute atomic E-state index is 0.289. The number of hydrogen-bond acceptors (Lipinski definition) is 5. The molecule has 0 aliphatic carbocycles. The second kappa shape index (κ2) is 7.99. The number of carboxylic acids is 1. The summed E-state index contributed by atoms with van der Waals surface area (Å²) in [6.45, 7) is 5.35. The van der Waals surface area contributed by atoms with Crippen molar-refractivity contribution >= 4 is 11.9 Å². The fraction of sp³-hybridized carbons (Fsp3) is 0.304. The van der Waals surface area contributed by atoms with E-state index < -0.39 is 5.97 Å². The van der Waals surface area contributed by atoms with Gasteiger partial charge >= 0.3 is 5.97 Å². The molecular formula is C23H24N4O2. The van der Waals surface area contributed by atoms with Crippen LogP contribution in [0.4, 0.5) is 5.95 Å². The number of aliphatic carboxylic acids is 1. The molecule has 29 heavy (non-hydrogen) atoms. The summed E-state index contributed by atoms with van der Waals surface area (Å²) in [6.07, 6.45) is 1.19. The lowest BCUT2D eigenvalue weighted by atomic mass is 9.97. The van der Waals surface area contributed by atoms with Crippen LogP contribution in [0.5, 0.6) is 0 Å². The first-order valence-corrected chi connectivity index (χ1v) is 9.88. The molecule has 1 N–H and O–H groups in total. The van der Waals surface area contributed by atoms with Gasteiger partial charge in [0, 0.05) is 24.2 Å². The van der Waals surface area contributed by atoms with Gasteiger partial charge in [0.25, 0.3) is 0 Å². The minimum atomic E-state index is -0.723. The van der Waals surface area contributed by atoms with Gasteiger partial charge < -0.3 is 10.0 Å². The molecule has 2 heterocycles. The molecular weight excluding hydrogens is 364 g/mol. The molecule has 0 unspecified atom stereocenters. The van der Waals surface area contributed by atoms with E-state index in [9.17, 15) is 9.90 Å². The van der Waals surface area contributed by atoms with Crippen LogP contribution in [-0.4, -0.2) is 39.3 Å². The second-order valence-corrected chi connectivity index (χ2v) is 7.64. The number of nitrogens with zero attached hydrogens (tertiary/aromatic N) is 4. The summed E-state index contributed by atoms with van der Waals surface area (Å²) in [4.78, 5) is 18.1. The summed E-state index contributed by atoms with van der Waals surface area (Å²) < 4.78 is 0. The number of carboxylic acid groups (broad SMARTS) is 1. The Labute approximate surface area is 170 Å². The maximum Gasteiger partial charge on any atom is 0.306 e. The van der Waals surface area contributed by atoms with E-state index in [-0.39, 0.29) is 5.92 Å². The van der Waals surface area contributed by atoms with Gasteiger partial charge in [-0.1, -0.05) is 59.7 Å². The van der Waals surface area contributed by atoms with Crippen molar-refractivity contribution in [2.75, 3.05) is 18.0 Å². The van der Waals surface area contributed by atoms with Crippen LogP contribution < -0.4 is 4.90 Å². The van der Waals surface area contributed by atoms with Crippen molar-refractivity contribution in [3.8, 4) is 22.5 Å². The monoisotopic (exact) mass is 388 g/mol. The predicted molar refractivity (Wildman–Crippen MR) is 113 cm³/mol. The summed E-state index contributed by atoms with van der Waals surface area (Å²) >= 11 is 0. The van der Waals surface area contributed by atoms with Crippen molar-refractivity contribution in [3.05, 3.63) is 59.7 Å². The molecule has 1 aromatic heterocycles. The number of aryl methyl sites for hydroxylation is 2. The molecule has 1 aliphatic rings. The lowest BCUT2D eigenvalue weighted by molar-refractivity contribution is -0.142. The van der Waals surface area contributed by atoms with Crippen molar-refractivity contribution in [2.45, 2.75) is 26.7 Å². The molecule has 4 rings (SSSR count). The molecule has 1 fully saturated rings. The van der Waals surface area contributed by atoms with Gasteiger partial charge in [0.2, 0.25) is 5.95 Å². The Hall–Kier alpha value is -3.28. The van der Waals surface area contributed by atoms with Crippen molar-refractivity contribution in [1.82, 2.24) is 15.2 Å². The van der Waals surface area contributed by atoms with Crippen LogP contribution in [-0.2, 0) is 4.79 Å². The lowest BCUT2D eigenvalue weighted by Gasteiger charge is -2.30. The molecule has 1 saturated heterocycles. The van der Waals surface area contributed by atoms with E-state index in [1.54, 1.807) is 0 Å². The summed E-state index contributed by atoms with van der Waals surface area (Å²) in [5.41, 5.74) is 5.87. The Morgan fingerprint density at radius 1 is 0.862 bits per heavy atom. The third-order valence-electron chi connectivity index (χ3n) is 5.45. The second-order valence-electron chi connectivity index (χ2n) is 7.64. The average molecular weight is 388 g/mol. The highest BCUT2D eigenvalue weighted by molar-refractivity contribution is 5.78. The van der Waals surface area contributed by atoms with E-state index in [1.165, 1.54) is 11.1 Å². The Bertz CT molecular complexity index is 1010. The van der Waals surface area contributed by atoms with Crippen LogP contribution in [0.25, 0.3) is 22.5 Å². The van der Waals surface area contributed by atoms with Crippen LogP contribution in [0.2, 0.25) is 0 Å². The van der Waals surface area contributed by atoms with Gasteiger partial charge in [-0.25, -0.2) is 4.98 Å². The van der Waals surface area contributed by atoms with Crippen LogP contribution >= 0.6 is 0 Å². The summed E-state index contributed by atoms with van der Waals surface area (Å²) in [5.74, 6) is -0.457. The molecule has 6 heteroatoms. The van der Waals surface area contributed by atoms with E-state index in [2.05, 4.69) is 60.4 Å². The minimum Gasteiger partial charge on any atom is -0.481 e. The predicted octanol–water partition coefficient (Wildman–Crippen LogP) is 4.12. The van der Waals surface area contributed by atoms with Gasteiger partial charge in [0.05, 0.1) is 5.92 Å². The van der Waals surface area contributed by atoms with Crippen LogP contribution in [0.1, 0.15) is 24.0 Å². The average Bonchev–Trinajstić information content (AvgIpc) is 2.75. The third kappa shape index (κ3) is 4.11.